The van der Waals surface area contributed by atoms with E-state index in [0.717, 1.165) is 57.8 Å². The fourth-order valence-electron chi connectivity index (χ4n) is 7.69. The Hall–Kier alpha value is -2.14. The molecule has 0 aliphatic carbocycles. The van der Waals surface area contributed by atoms with Gasteiger partial charge in [-0.3, -0.25) is 9.59 Å². The fourth-order valence-corrected chi connectivity index (χ4v) is 7.69. The lowest BCUT2D eigenvalue weighted by Crippen LogP contribution is -2.30. The van der Waals surface area contributed by atoms with Crippen molar-refractivity contribution in [2.75, 3.05) is 19.8 Å². The Labute approximate surface area is 386 Å². The maximum Gasteiger partial charge on any atom is 0.306 e. The number of allylic oxidation sites excluding steroid dienone is 8. The van der Waals surface area contributed by atoms with Crippen molar-refractivity contribution < 1.29 is 23.8 Å². The second-order valence-electron chi connectivity index (χ2n) is 18.1. The van der Waals surface area contributed by atoms with E-state index in [1.54, 1.807) is 0 Å². The molecule has 0 heterocycles. The van der Waals surface area contributed by atoms with Crippen LogP contribution >= 0.6 is 0 Å². The molecule has 0 aromatic carbocycles. The van der Waals surface area contributed by atoms with Gasteiger partial charge in [-0.05, 0) is 96.3 Å². The number of esters is 2. The van der Waals surface area contributed by atoms with E-state index in [4.69, 9.17) is 14.2 Å². The van der Waals surface area contributed by atoms with Gasteiger partial charge in [0.2, 0.25) is 0 Å². The summed E-state index contributed by atoms with van der Waals surface area (Å²) in [7, 11) is 0. The van der Waals surface area contributed by atoms with Gasteiger partial charge in [0, 0.05) is 19.4 Å². The zero-order valence-electron chi connectivity index (χ0n) is 41.6. The average Bonchev–Trinajstić information content (AvgIpc) is 3.27. The van der Waals surface area contributed by atoms with Gasteiger partial charge in [-0.25, -0.2) is 0 Å². The molecule has 0 saturated heterocycles. The summed E-state index contributed by atoms with van der Waals surface area (Å²) in [6, 6.07) is 0. The Balaban J connectivity index is 4.25. The molecule has 0 aliphatic rings. The molecule has 362 valence electrons. The van der Waals surface area contributed by atoms with E-state index < -0.39 is 6.10 Å². The summed E-state index contributed by atoms with van der Waals surface area (Å²) in [4.78, 5) is 25.4. The largest absolute Gasteiger partial charge is 0.462 e. The van der Waals surface area contributed by atoms with Crippen molar-refractivity contribution >= 4 is 11.9 Å². The first-order chi connectivity index (χ1) is 30.6. The molecule has 62 heavy (non-hydrogen) atoms. The molecule has 1 atom stereocenters. The van der Waals surface area contributed by atoms with Crippen LogP contribution in [0.1, 0.15) is 278 Å². The lowest BCUT2D eigenvalue weighted by Gasteiger charge is -2.18. The van der Waals surface area contributed by atoms with E-state index >= 15 is 0 Å². The zero-order chi connectivity index (χ0) is 44.9. The minimum atomic E-state index is -0.543. The van der Waals surface area contributed by atoms with Crippen LogP contribution in [-0.4, -0.2) is 37.9 Å². The van der Waals surface area contributed by atoms with Crippen LogP contribution in [-0.2, 0) is 23.8 Å². The van der Waals surface area contributed by atoms with E-state index in [0.29, 0.717) is 19.4 Å². The first-order valence-electron chi connectivity index (χ1n) is 27.2. The van der Waals surface area contributed by atoms with Gasteiger partial charge in [0.15, 0.2) is 6.10 Å². The van der Waals surface area contributed by atoms with Crippen LogP contribution in [0.15, 0.2) is 48.6 Å². The summed E-state index contributed by atoms with van der Waals surface area (Å²) in [6.07, 6.45) is 65.4. The summed E-state index contributed by atoms with van der Waals surface area (Å²) in [6.45, 7) is 7.77. The van der Waals surface area contributed by atoms with Crippen LogP contribution in [0.4, 0.5) is 0 Å². The maximum absolute atomic E-state index is 12.8. The molecule has 0 aromatic rings. The third-order valence-corrected chi connectivity index (χ3v) is 11.8. The lowest BCUT2D eigenvalue weighted by molar-refractivity contribution is -0.163. The third kappa shape index (κ3) is 50.5. The topological polar surface area (TPSA) is 61.8 Å². The Bertz CT molecular complexity index is 1030. The molecule has 1 unspecified atom stereocenters. The highest BCUT2D eigenvalue weighted by Crippen LogP contribution is 2.15. The van der Waals surface area contributed by atoms with Crippen molar-refractivity contribution in [3.8, 4) is 0 Å². The molecule has 0 spiro atoms. The predicted molar refractivity (Wildman–Crippen MR) is 270 cm³/mol. The number of carbonyl (C=O) groups excluding carboxylic acids is 2. The second kappa shape index (κ2) is 53.2. The monoisotopic (exact) mass is 869 g/mol. The number of hydrogen-bond donors (Lipinski definition) is 0. The molecule has 5 heteroatoms. The van der Waals surface area contributed by atoms with Gasteiger partial charge < -0.3 is 14.2 Å². The number of rotatable bonds is 50. The summed E-state index contributed by atoms with van der Waals surface area (Å²) >= 11 is 0. The molecule has 0 bridgehead atoms. The standard InChI is InChI=1S/C57H104O5/c1-4-7-10-13-16-19-22-25-27-29-31-33-35-38-41-44-47-50-56(58)61-54-55(53-60-52-49-46-43-40-37-24-21-18-15-12-9-6-3)62-57(59)51-48-45-42-39-36-34-32-30-28-26-23-20-17-14-11-8-5-2/h15-16,18-19,25-28,55H,4-14,17,20-24,29-54H2,1-3H3/b18-15-,19-16-,27-25-,28-26-. The van der Waals surface area contributed by atoms with Crippen LogP contribution in [0.5, 0.6) is 0 Å². The summed E-state index contributed by atoms with van der Waals surface area (Å²) in [5, 5.41) is 0. The molecule has 0 saturated carbocycles. The molecule has 0 fully saturated rings. The fraction of sp³-hybridized carbons (Fsp3) is 0.825. The minimum Gasteiger partial charge on any atom is -0.462 e. The van der Waals surface area contributed by atoms with Crippen molar-refractivity contribution in [2.24, 2.45) is 0 Å². The van der Waals surface area contributed by atoms with Gasteiger partial charge >= 0.3 is 11.9 Å². The van der Waals surface area contributed by atoms with Gasteiger partial charge in [0.1, 0.15) is 6.61 Å². The van der Waals surface area contributed by atoms with Crippen molar-refractivity contribution in [1.82, 2.24) is 0 Å². The Morgan fingerprint density at radius 3 is 1.16 bits per heavy atom. The van der Waals surface area contributed by atoms with Crippen LogP contribution in [0.2, 0.25) is 0 Å². The van der Waals surface area contributed by atoms with E-state index in [1.807, 2.05) is 0 Å². The average molecular weight is 869 g/mol. The molecular formula is C57H104O5. The molecule has 5 nitrogen and oxygen atoms in total. The summed E-state index contributed by atoms with van der Waals surface area (Å²) < 4.78 is 17.4. The summed E-state index contributed by atoms with van der Waals surface area (Å²) in [5.41, 5.74) is 0. The first kappa shape index (κ1) is 59.9. The molecule has 0 rings (SSSR count). The van der Waals surface area contributed by atoms with Gasteiger partial charge in [-0.1, -0.05) is 217 Å². The first-order valence-corrected chi connectivity index (χ1v) is 27.2. The highest BCUT2D eigenvalue weighted by molar-refractivity contribution is 5.70. The molecule has 0 aromatic heterocycles. The van der Waals surface area contributed by atoms with Crippen molar-refractivity contribution in [3.63, 3.8) is 0 Å². The van der Waals surface area contributed by atoms with Crippen molar-refractivity contribution in [2.45, 2.75) is 284 Å². The number of ether oxygens (including phenoxy) is 3. The van der Waals surface area contributed by atoms with Gasteiger partial charge in [-0.2, -0.15) is 0 Å². The van der Waals surface area contributed by atoms with Crippen LogP contribution in [0.3, 0.4) is 0 Å². The van der Waals surface area contributed by atoms with Crippen LogP contribution in [0, 0.1) is 0 Å². The highest BCUT2D eigenvalue weighted by Gasteiger charge is 2.17. The van der Waals surface area contributed by atoms with Gasteiger partial charge in [0.05, 0.1) is 6.61 Å². The van der Waals surface area contributed by atoms with Gasteiger partial charge in [-0.15, -0.1) is 0 Å². The second-order valence-corrected chi connectivity index (χ2v) is 18.1. The number of hydrogen-bond acceptors (Lipinski definition) is 5. The van der Waals surface area contributed by atoms with E-state index in [1.165, 1.54) is 186 Å². The Morgan fingerprint density at radius 2 is 0.694 bits per heavy atom. The van der Waals surface area contributed by atoms with Crippen LogP contribution < -0.4 is 0 Å². The van der Waals surface area contributed by atoms with Crippen molar-refractivity contribution in [1.29, 1.82) is 0 Å². The molecular weight excluding hydrogens is 765 g/mol. The Kier molecular flexibility index (Phi) is 51.4. The molecule has 0 aliphatic heterocycles. The van der Waals surface area contributed by atoms with E-state index in [-0.39, 0.29) is 25.2 Å². The normalized spacial score (nSPS) is 12.5. The van der Waals surface area contributed by atoms with Gasteiger partial charge in [0.25, 0.3) is 0 Å². The molecule has 0 amide bonds. The van der Waals surface area contributed by atoms with E-state index in [9.17, 15) is 9.59 Å². The maximum atomic E-state index is 12.8. The summed E-state index contributed by atoms with van der Waals surface area (Å²) in [5.74, 6) is -0.404. The highest BCUT2D eigenvalue weighted by atomic mass is 16.6. The van der Waals surface area contributed by atoms with Crippen LogP contribution in [0.25, 0.3) is 0 Å². The SMILES string of the molecule is CCCC/C=C\CCCCCCCCOCC(COC(=O)CCCCCCCCC/C=C\C/C=C\CCCCC)OC(=O)CCCCCCCCC/C=C\CCCCCCCC. The predicted octanol–water partition coefficient (Wildman–Crippen LogP) is 18.3. The number of carbonyl (C=O) groups is 2. The molecule has 0 radical (unpaired) electrons. The zero-order valence-corrected chi connectivity index (χ0v) is 41.6. The minimum absolute atomic E-state index is 0.0788. The lowest BCUT2D eigenvalue weighted by atomic mass is 10.1. The van der Waals surface area contributed by atoms with Crippen molar-refractivity contribution in [3.05, 3.63) is 48.6 Å². The van der Waals surface area contributed by atoms with E-state index in [2.05, 4.69) is 69.4 Å². The quantitative estimate of drug-likeness (QED) is 0.0346. The third-order valence-electron chi connectivity index (χ3n) is 11.8. The Morgan fingerprint density at radius 1 is 0.355 bits per heavy atom. The molecule has 0 N–H and O–H groups in total. The number of unbranched alkanes of at least 4 members (excludes halogenated alkanes) is 31. The smallest absolute Gasteiger partial charge is 0.306 e.